The van der Waals surface area contributed by atoms with Gasteiger partial charge in [-0.3, -0.25) is 0 Å². The monoisotopic (exact) mass is 223 g/mol. The lowest BCUT2D eigenvalue weighted by Gasteiger charge is -2.05. The van der Waals surface area contributed by atoms with Crippen molar-refractivity contribution in [3.63, 3.8) is 0 Å². The molecular formula is C15H13NO. The van der Waals surface area contributed by atoms with Crippen LogP contribution in [0.15, 0.2) is 43.0 Å². The van der Waals surface area contributed by atoms with Gasteiger partial charge >= 0.3 is 0 Å². The summed E-state index contributed by atoms with van der Waals surface area (Å²) in [6, 6.07) is 12.4. The van der Waals surface area contributed by atoms with Crippen molar-refractivity contribution in [3.05, 3.63) is 48.5 Å². The number of fused-ring (bicyclic) bond motifs is 3. The minimum absolute atomic E-state index is 0.855. The Labute approximate surface area is 99.5 Å². The van der Waals surface area contributed by atoms with Crippen molar-refractivity contribution in [2.24, 2.45) is 0 Å². The number of hydrogen-bond donors (Lipinski definition) is 1. The zero-order valence-corrected chi connectivity index (χ0v) is 9.66. The first-order chi connectivity index (χ1) is 8.35. The lowest BCUT2D eigenvalue weighted by atomic mass is 10.1. The fourth-order valence-corrected chi connectivity index (χ4v) is 2.29. The number of aromatic nitrogens is 1. The number of hydrogen-bond acceptors (Lipinski definition) is 1. The van der Waals surface area contributed by atoms with Crippen molar-refractivity contribution in [3.8, 4) is 5.75 Å². The van der Waals surface area contributed by atoms with E-state index in [-0.39, 0.29) is 0 Å². The highest BCUT2D eigenvalue weighted by Crippen LogP contribution is 2.34. The fourth-order valence-electron chi connectivity index (χ4n) is 2.29. The summed E-state index contributed by atoms with van der Waals surface area (Å²) in [5.74, 6) is 0.855. The second-order valence-corrected chi connectivity index (χ2v) is 3.99. The number of aromatic amines is 1. The lowest BCUT2D eigenvalue weighted by molar-refractivity contribution is 0.418. The maximum Gasteiger partial charge on any atom is 0.150 e. The summed E-state index contributed by atoms with van der Waals surface area (Å²) in [5.41, 5.74) is 3.17. The van der Waals surface area contributed by atoms with Crippen LogP contribution < -0.4 is 4.74 Å². The molecule has 0 atom stereocenters. The van der Waals surface area contributed by atoms with Gasteiger partial charge in [0.2, 0.25) is 0 Å². The molecule has 0 aliphatic rings. The average molecular weight is 223 g/mol. The average Bonchev–Trinajstić information content (AvgIpc) is 2.75. The van der Waals surface area contributed by atoms with Crippen LogP contribution in [-0.2, 0) is 0 Å². The maximum atomic E-state index is 5.48. The number of nitrogens with one attached hydrogen (secondary N) is 1. The van der Waals surface area contributed by atoms with Crippen molar-refractivity contribution >= 4 is 27.9 Å². The van der Waals surface area contributed by atoms with Crippen LogP contribution in [0.2, 0.25) is 0 Å². The van der Waals surface area contributed by atoms with Crippen LogP contribution in [0.4, 0.5) is 0 Å². The number of H-pyrrole nitrogens is 1. The minimum atomic E-state index is 0.855. The molecule has 0 amide bonds. The third kappa shape index (κ3) is 1.34. The molecule has 1 aromatic heterocycles. The third-order valence-corrected chi connectivity index (χ3v) is 3.09. The molecule has 0 bridgehead atoms. The van der Waals surface area contributed by atoms with Gasteiger partial charge in [-0.15, -0.1) is 0 Å². The Morgan fingerprint density at radius 2 is 1.94 bits per heavy atom. The van der Waals surface area contributed by atoms with Crippen molar-refractivity contribution in [2.75, 3.05) is 7.11 Å². The van der Waals surface area contributed by atoms with Gasteiger partial charge in [0, 0.05) is 21.9 Å². The predicted octanol–water partition coefficient (Wildman–Crippen LogP) is 3.97. The van der Waals surface area contributed by atoms with Crippen molar-refractivity contribution in [2.45, 2.75) is 0 Å². The Bertz CT molecular complexity index is 709. The molecular weight excluding hydrogens is 210 g/mol. The third-order valence-electron chi connectivity index (χ3n) is 3.09. The highest BCUT2D eigenvalue weighted by atomic mass is 16.5. The van der Waals surface area contributed by atoms with Gasteiger partial charge in [-0.1, -0.05) is 43.0 Å². The van der Waals surface area contributed by atoms with E-state index < -0.39 is 0 Å². The second kappa shape index (κ2) is 3.67. The zero-order chi connectivity index (χ0) is 11.8. The van der Waals surface area contributed by atoms with Gasteiger partial charge in [0.15, 0.2) is 0 Å². The zero-order valence-electron chi connectivity index (χ0n) is 9.66. The maximum absolute atomic E-state index is 5.48. The van der Waals surface area contributed by atoms with Gasteiger partial charge in [0.05, 0.1) is 12.6 Å². The summed E-state index contributed by atoms with van der Waals surface area (Å²) in [4.78, 5) is 3.40. The highest BCUT2D eigenvalue weighted by Gasteiger charge is 2.10. The molecule has 2 heteroatoms. The van der Waals surface area contributed by atoms with E-state index in [4.69, 9.17) is 4.74 Å². The number of benzene rings is 2. The molecule has 84 valence electrons. The lowest BCUT2D eigenvalue weighted by Crippen LogP contribution is -1.88. The molecule has 3 rings (SSSR count). The van der Waals surface area contributed by atoms with Crippen LogP contribution in [0.3, 0.4) is 0 Å². The van der Waals surface area contributed by atoms with Gasteiger partial charge in [0.1, 0.15) is 5.75 Å². The molecule has 0 radical (unpaired) electrons. The standard InChI is InChI=1S/C15H13NO/c1-3-10-8-9-12-11-6-4-5-7-13(11)16-14(12)15(10)17-2/h3-9,16H,1H2,2H3. The van der Waals surface area contributed by atoms with E-state index in [1.54, 1.807) is 7.11 Å². The van der Waals surface area contributed by atoms with Crippen molar-refractivity contribution in [1.82, 2.24) is 4.98 Å². The van der Waals surface area contributed by atoms with E-state index in [0.29, 0.717) is 0 Å². The van der Waals surface area contributed by atoms with Crippen LogP contribution in [0.25, 0.3) is 27.9 Å². The number of methoxy groups -OCH3 is 1. The Morgan fingerprint density at radius 3 is 2.71 bits per heavy atom. The first kappa shape index (κ1) is 9.97. The van der Waals surface area contributed by atoms with E-state index >= 15 is 0 Å². The molecule has 1 heterocycles. The predicted molar refractivity (Wildman–Crippen MR) is 72.4 cm³/mol. The molecule has 0 fully saturated rings. The van der Waals surface area contributed by atoms with E-state index in [9.17, 15) is 0 Å². The summed E-state index contributed by atoms with van der Waals surface area (Å²) in [6.07, 6.45) is 1.81. The topological polar surface area (TPSA) is 25.0 Å². The molecule has 0 saturated heterocycles. The van der Waals surface area contributed by atoms with Gasteiger partial charge in [-0.05, 0) is 6.07 Å². The van der Waals surface area contributed by atoms with Crippen LogP contribution in [0.1, 0.15) is 5.56 Å². The molecule has 0 aliphatic heterocycles. The molecule has 0 spiro atoms. The fraction of sp³-hybridized carbons (Fsp3) is 0.0667. The van der Waals surface area contributed by atoms with Crippen LogP contribution in [-0.4, -0.2) is 12.1 Å². The van der Waals surface area contributed by atoms with Gasteiger partial charge in [-0.25, -0.2) is 0 Å². The molecule has 17 heavy (non-hydrogen) atoms. The van der Waals surface area contributed by atoms with Gasteiger partial charge in [0.25, 0.3) is 0 Å². The molecule has 1 N–H and O–H groups in total. The van der Waals surface area contributed by atoms with Gasteiger partial charge < -0.3 is 9.72 Å². The Hall–Kier alpha value is -2.22. The largest absolute Gasteiger partial charge is 0.494 e. The number of ether oxygens (including phenoxy) is 1. The van der Waals surface area contributed by atoms with Crippen molar-refractivity contribution in [1.29, 1.82) is 0 Å². The van der Waals surface area contributed by atoms with Crippen LogP contribution in [0, 0.1) is 0 Å². The van der Waals surface area contributed by atoms with E-state index in [0.717, 1.165) is 22.3 Å². The number of rotatable bonds is 2. The van der Waals surface area contributed by atoms with Crippen molar-refractivity contribution < 1.29 is 4.74 Å². The molecule has 2 nitrogen and oxygen atoms in total. The molecule has 2 aromatic carbocycles. The second-order valence-electron chi connectivity index (χ2n) is 3.99. The van der Waals surface area contributed by atoms with E-state index in [1.807, 2.05) is 24.3 Å². The molecule has 0 aliphatic carbocycles. The van der Waals surface area contributed by atoms with Gasteiger partial charge in [-0.2, -0.15) is 0 Å². The molecule has 3 aromatic rings. The van der Waals surface area contributed by atoms with E-state index in [2.05, 4.69) is 29.8 Å². The Balaban J connectivity index is 2.51. The molecule has 0 saturated carbocycles. The summed E-state index contributed by atoms with van der Waals surface area (Å²) >= 11 is 0. The Morgan fingerprint density at radius 1 is 1.12 bits per heavy atom. The minimum Gasteiger partial charge on any atom is -0.494 e. The first-order valence-corrected chi connectivity index (χ1v) is 5.55. The first-order valence-electron chi connectivity index (χ1n) is 5.55. The summed E-state index contributed by atoms with van der Waals surface area (Å²) in [6.45, 7) is 3.81. The molecule has 0 unspecified atom stereocenters. The van der Waals surface area contributed by atoms with Crippen LogP contribution in [0.5, 0.6) is 5.75 Å². The summed E-state index contributed by atoms with van der Waals surface area (Å²) in [7, 11) is 1.69. The summed E-state index contributed by atoms with van der Waals surface area (Å²) in [5, 5.41) is 2.40. The summed E-state index contributed by atoms with van der Waals surface area (Å²) < 4.78 is 5.48. The Kier molecular flexibility index (Phi) is 2.15. The highest BCUT2D eigenvalue weighted by molar-refractivity contribution is 6.10. The van der Waals surface area contributed by atoms with Crippen LogP contribution >= 0.6 is 0 Å². The normalized spacial score (nSPS) is 10.9. The quantitative estimate of drug-likeness (QED) is 0.698. The smallest absolute Gasteiger partial charge is 0.150 e. The number of para-hydroxylation sites is 1. The van der Waals surface area contributed by atoms with E-state index in [1.165, 1.54) is 10.8 Å². The SMILES string of the molecule is C=Cc1ccc2c([nH]c3ccccc32)c1OC.